The number of amides is 1. The van der Waals surface area contributed by atoms with Crippen molar-refractivity contribution in [3.05, 3.63) is 54.0 Å². The Bertz CT molecular complexity index is 977. The maximum Gasteiger partial charge on any atom is 0.274 e. The Morgan fingerprint density at radius 1 is 1.17 bits per heavy atom. The molecule has 0 unspecified atom stereocenters. The van der Waals surface area contributed by atoms with Crippen molar-refractivity contribution in [2.75, 3.05) is 28.6 Å². The van der Waals surface area contributed by atoms with E-state index in [1.54, 1.807) is 19.1 Å². The lowest BCUT2D eigenvalue weighted by molar-refractivity contribution is 0.102. The van der Waals surface area contributed by atoms with Crippen molar-refractivity contribution in [1.29, 1.82) is 0 Å². The van der Waals surface area contributed by atoms with Crippen LogP contribution in [0.1, 0.15) is 36.0 Å². The van der Waals surface area contributed by atoms with Crippen LogP contribution >= 0.6 is 0 Å². The van der Waals surface area contributed by atoms with Crippen molar-refractivity contribution >= 4 is 29.0 Å². The molecule has 0 aliphatic carbocycles. The Labute approximate surface area is 169 Å². The Morgan fingerprint density at radius 2 is 1.93 bits per heavy atom. The molecule has 4 rings (SSSR count). The number of nitrogens with zero attached hydrogens (tertiary/aromatic N) is 4. The van der Waals surface area contributed by atoms with Crippen LogP contribution in [0.25, 0.3) is 0 Å². The number of hydrogen-bond donors (Lipinski definition) is 2. The van der Waals surface area contributed by atoms with Crippen molar-refractivity contribution in [2.24, 2.45) is 5.92 Å². The summed E-state index contributed by atoms with van der Waals surface area (Å²) in [5, 5.41) is 9.63. The summed E-state index contributed by atoms with van der Waals surface area (Å²) in [6, 6.07) is 11.2. The number of rotatable bonds is 5. The first-order valence-corrected chi connectivity index (χ1v) is 9.76. The summed E-state index contributed by atoms with van der Waals surface area (Å²) in [4.78, 5) is 23.3. The largest absolute Gasteiger partial charge is 0.372 e. The molecule has 0 saturated carbocycles. The molecule has 0 radical (unpaired) electrons. The van der Waals surface area contributed by atoms with Crippen molar-refractivity contribution in [1.82, 2.24) is 15.1 Å². The van der Waals surface area contributed by atoms with Gasteiger partial charge in [-0.25, -0.2) is 9.97 Å². The summed E-state index contributed by atoms with van der Waals surface area (Å²) >= 11 is 0. The van der Waals surface area contributed by atoms with Crippen molar-refractivity contribution in [2.45, 2.75) is 26.7 Å². The van der Waals surface area contributed by atoms with Crippen LogP contribution in [0.5, 0.6) is 0 Å². The van der Waals surface area contributed by atoms with Gasteiger partial charge < -0.3 is 20.1 Å². The van der Waals surface area contributed by atoms with Crippen LogP contribution in [0.2, 0.25) is 0 Å². The summed E-state index contributed by atoms with van der Waals surface area (Å²) in [5.41, 5.74) is 2.17. The first-order valence-electron chi connectivity index (χ1n) is 9.76. The van der Waals surface area contributed by atoms with Gasteiger partial charge in [-0.05, 0) is 56.0 Å². The van der Waals surface area contributed by atoms with Crippen LogP contribution in [0.4, 0.5) is 23.1 Å². The third-order valence-electron chi connectivity index (χ3n) is 5.03. The third-order valence-corrected chi connectivity index (χ3v) is 5.03. The monoisotopic (exact) mass is 392 g/mol. The Morgan fingerprint density at radius 3 is 2.62 bits per heavy atom. The standard InChI is InChI=1S/C21H24N6O2/c1-14-8-11-27(12-9-14)17-5-3-16(4-6-17)23-20(28)18-7-10-22-21(24-18)25-19-13-15(2)29-26-19/h3-7,10,13-14H,8-9,11-12H2,1-2H3,(H,23,28)(H,22,24,25,26). The number of hydrogen-bond acceptors (Lipinski definition) is 7. The molecule has 1 saturated heterocycles. The van der Waals surface area contributed by atoms with E-state index in [9.17, 15) is 4.79 Å². The fourth-order valence-electron chi connectivity index (χ4n) is 3.30. The average Bonchev–Trinajstić information content (AvgIpc) is 3.14. The van der Waals surface area contributed by atoms with Crippen molar-refractivity contribution < 1.29 is 9.32 Å². The van der Waals surface area contributed by atoms with Gasteiger partial charge in [0, 0.05) is 36.7 Å². The number of piperidine rings is 1. The minimum absolute atomic E-state index is 0.261. The molecule has 150 valence electrons. The van der Waals surface area contributed by atoms with E-state index in [1.165, 1.54) is 24.7 Å². The van der Waals surface area contributed by atoms with Gasteiger partial charge in [0.15, 0.2) is 5.82 Å². The van der Waals surface area contributed by atoms with Crippen LogP contribution in [-0.4, -0.2) is 34.1 Å². The molecule has 2 N–H and O–H groups in total. The van der Waals surface area contributed by atoms with E-state index >= 15 is 0 Å². The number of aryl methyl sites for hydroxylation is 1. The lowest BCUT2D eigenvalue weighted by atomic mass is 9.99. The predicted molar refractivity (Wildman–Crippen MR) is 112 cm³/mol. The quantitative estimate of drug-likeness (QED) is 0.677. The maximum atomic E-state index is 12.6. The van der Waals surface area contributed by atoms with Crippen LogP contribution in [0.15, 0.2) is 47.1 Å². The lowest BCUT2D eigenvalue weighted by Gasteiger charge is -2.32. The molecule has 3 heterocycles. The fraction of sp³-hybridized carbons (Fsp3) is 0.333. The van der Waals surface area contributed by atoms with E-state index in [0.717, 1.165) is 24.7 Å². The second-order valence-electron chi connectivity index (χ2n) is 7.38. The molecule has 0 bridgehead atoms. The zero-order valence-corrected chi connectivity index (χ0v) is 16.6. The summed E-state index contributed by atoms with van der Waals surface area (Å²) in [7, 11) is 0. The molecule has 8 nitrogen and oxygen atoms in total. The van der Waals surface area contributed by atoms with Gasteiger partial charge in [-0.3, -0.25) is 4.79 Å². The number of benzene rings is 1. The SMILES string of the molecule is Cc1cc(Nc2nccc(C(=O)Nc3ccc(N4CCC(C)CC4)cc3)n2)no1. The number of carbonyl (C=O) groups is 1. The summed E-state index contributed by atoms with van der Waals surface area (Å²) in [5.74, 6) is 1.93. The van der Waals surface area contributed by atoms with Crippen molar-refractivity contribution in [3.63, 3.8) is 0 Å². The Balaban J connectivity index is 1.39. The van der Waals surface area contributed by atoms with Gasteiger partial charge in [0.25, 0.3) is 5.91 Å². The first-order chi connectivity index (χ1) is 14.1. The summed E-state index contributed by atoms with van der Waals surface area (Å²) < 4.78 is 5.00. The highest BCUT2D eigenvalue weighted by atomic mass is 16.5. The zero-order valence-electron chi connectivity index (χ0n) is 16.6. The van der Waals surface area contributed by atoms with Gasteiger partial charge >= 0.3 is 0 Å². The second-order valence-corrected chi connectivity index (χ2v) is 7.38. The van der Waals surface area contributed by atoms with Crippen LogP contribution in [-0.2, 0) is 0 Å². The molecular weight excluding hydrogens is 368 g/mol. The molecule has 0 spiro atoms. The van der Waals surface area contributed by atoms with Gasteiger partial charge in [-0.15, -0.1) is 0 Å². The molecule has 1 fully saturated rings. The number of carbonyl (C=O) groups excluding carboxylic acids is 1. The van der Waals surface area contributed by atoms with E-state index < -0.39 is 0 Å². The molecule has 2 aromatic heterocycles. The normalized spacial score (nSPS) is 14.6. The number of anilines is 4. The number of nitrogens with one attached hydrogen (secondary N) is 2. The van der Waals surface area contributed by atoms with E-state index in [1.807, 2.05) is 24.3 Å². The predicted octanol–water partition coefficient (Wildman–Crippen LogP) is 4.01. The van der Waals surface area contributed by atoms with Crippen molar-refractivity contribution in [3.8, 4) is 0 Å². The van der Waals surface area contributed by atoms with Crippen LogP contribution in [0, 0.1) is 12.8 Å². The fourth-order valence-corrected chi connectivity index (χ4v) is 3.30. The summed E-state index contributed by atoms with van der Waals surface area (Å²) in [6.07, 6.45) is 3.96. The topological polar surface area (TPSA) is 96.2 Å². The smallest absolute Gasteiger partial charge is 0.274 e. The first kappa shape index (κ1) is 18.9. The highest BCUT2D eigenvalue weighted by Crippen LogP contribution is 2.24. The molecule has 1 aromatic carbocycles. The molecule has 29 heavy (non-hydrogen) atoms. The van der Waals surface area contributed by atoms with Gasteiger partial charge in [0.2, 0.25) is 5.95 Å². The highest BCUT2D eigenvalue weighted by molar-refractivity contribution is 6.03. The summed E-state index contributed by atoms with van der Waals surface area (Å²) in [6.45, 7) is 6.25. The van der Waals surface area contributed by atoms with Crippen LogP contribution < -0.4 is 15.5 Å². The number of aromatic nitrogens is 3. The molecular formula is C21H24N6O2. The zero-order chi connectivity index (χ0) is 20.2. The average molecular weight is 392 g/mol. The van der Waals surface area contributed by atoms with E-state index in [-0.39, 0.29) is 17.5 Å². The van der Waals surface area contributed by atoms with E-state index in [4.69, 9.17) is 4.52 Å². The van der Waals surface area contributed by atoms with Crippen LogP contribution in [0.3, 0.4) is 0 Å². The Hall–Kier alpha value is -3.42. The van der Waals surface area contributed by atoms with Gasteiger partial charge in [-0.1, -0.05) is 12.1 Å². The molecule has 1 amide bonds. The van der Waals surface area contributed by atoms with Gasteiger partial charge in [-0.2, -0.15) is 0 Å². The minimum atomic E-state index is -0.300. The molecule has 3 aromatic rings. The second kappa shape index (κ2) is 8.30. The molecule has 0 atom stereocenters. The third kappa shape index (κ3) is 4.71. The van der Waals surface area contributed by atoms with Gasteiger partial charge in [0.1, 0.15) is 11.5 Å². The minimum Gasteiger partial charge on any atom is -0.372 e. The molecule has 8 heteroatoms. The maximum absolute atomic E-state index is 12.6. The Kier molecular flexibility index (Phi) is 5.41. The van der Waals surface area contributed by atoms with E-state index in [0.29, 0.717) is 11.6 Å². The lowest BCUT2D eigenvalue weighted by Crippen LogP contribution is -2.32. The van der Waals surface area contributed by atoms with E-state index in [2.05, 4.69) is 37.6 Å². The molecule has 1 aliphatic heterocycles. The highest BCUT2D eigenvalue weighted by Gasteiger charge is 2.16. The molecule has 1 aliphatic rings. The van der Waals surface area contributed by atoms with Gasteiger partial charge in [0.05, 0.1) is 0 Å².